The molecule has 2 aromatic rings. The monoisotopic (exact) mass is 500 g/mol. The smallest absolute Gasteiger partial charge is 0.223 e. The summed E-state index contributed by atoms with van der Waals surface area (Å²) in [7, 11) is 0. The van der Waals surface area contributed by atoms with Crippen LogP contribution in [0, 0.1) is 17.7 Å². The number of benzene rings is 2. The number of hydrogen-bond donors (Lipinski definition) is 4. The summed E-state index contributed by atoms with van der Waals surface area (Å²) in [6, 6.07) is 10.3. The molecule has 2 rings (SSSR count). The fraction of sp³-hybridized carbons (Fsp3) is 0.417. The number of aliphatic hydroxyl groups excluding tert-OH is 2. The van der Waals surface area contributed by atoms with Gasteiger partial charge in [0.05, 0.1) is 30.3 Å². The molecule has 6 nitrogen and oxygen atoms in total. The molecule has 0 aliphatic rings. The van der Waals surface area contributed by atoms with Gasteiger partial charge in [-0.05, 0) is 35.4 Å². The number of rotatable bonds is 8. The van der Waals surface area contributed by atoms with E-state index in [1.807, 2.05) is 19.9 Å². The second kappa shape index (κ2) is 14.2. The van der Waals surface area contributed by atoms with E-state index in [9.17, 15) is 24.2 Å². The zero-order valence-corrected chi connectivity index (χ0v) is 20.6. The first-order valence-corrected chi connectivity index (χ1v) is 11.3. The van der Waals surface area contributed by atoms with Gasteiger partial charge in [0, 0.05) is 16.9 Å². The molecule has 0 saturated heterocycles. The molecule has 0 fully saturated rings. The maximum atomic E-state index is 13.0. The van der Waals surface area contributed by atoms with Crippen LogP contribution in [0.5, 0.6) is 0 Å². The van der Waals surface area contributed by atoms with Crippen molar-refractivity contribution >= 4 is 35.0 Å². The van der Waals surface area contributed by atoms with Crippen molar-refractivity contribution in [2.24, 2.45) is 11.8 Å². The molecule has 4 N–H and O–H groups in total. The first-order chi connectivity index (χ1) is 15.5. The Bertz CT molecular complexity index is 925. The van der Waals surface area contributed by atoms with E-state index in [0.717, 1.165) is 5.56 Å². The molecule has 0 aromatic heterocycles. The van der Waals surface area contributed by atoms with Gasteiger partial charge in [0.1, 0.15) is 5.82 Å². The van der Waals surface area contributed by atoms with E-state index in [1.165, 1.54) is 18.2 Å². The number of amides is 2. The van der Waals surface area contributed by atoms with Crippen molar-refractivity contribution in [1.29, 1.82) is 0 Å². The lowest BCUT2D eigenvalue weighted by atomic mass is 10.1. The molecule has 0 aliphatic heterocycles. The Labute approximate surface area is 204 Å². The van der Waals surface area contributed by atoms with Crippen LogP contribution >= 0.6 is 23.2 Å². The molecule has 2 atom stereocenters. The molecule has 2 aromatic carbocycles. The Hall–Kier alpha value is -2.19. The molecule has 33 heavy (non-hydrogen) atoms. The Morgan fingerprint density at radius 2 is 1.33 bits per heavy atom. The largest absolute Gasteiger partial charge is 0.394 e. The molecule has 2 amide bonds. The molecule has 0 bridgehead atoms. The molecule has 0 aliphatic carbocycles. The van der Waals surface area contributed by atoms with Crippen LogP contribution in [0.25, 0.3) is 0 Å². The Kier molecular flexibility index (Phi) is 12.4. The summed E-state index contributed by atoms with van der Waals surface area (Å²) in [5, 5.41) is 24.4. The standard InChI is InChI=1S/C12H15ClFNO2.C12H16ClNO2/c1-7(2)12(17)15-11(6-16)8-3-4-10(14)9(13)5-8;1-8(2)12(16)14-11(7-15)9-4-3-5-10(13)6-9/h3-5,7,11,16H,6H2,1-2H3,(H,15,17);3-6,8,11,15H,7H2,1-2H3,(H,14,16). The minimum Gasteiger partial charge on any atom is -0.394 e. The number of carbonyl (C=O) groups is 2. The molecular weight excluding hydrogens is 470 g/mol. The zero-order valence-electron chi connectivity index (χ0n) is 19.1. The zero-order chi connectivity index (χ0) is 25.1. The fourth-order valence-electron chi connectivity index (χ4n) is 2.60. The van der Waals surface area contributed by atoms with Gasteiger partial charge >= 0.3 is 0 Å². The van der Waals surface area contributed by atoms with Crippen molar-refractivity contribution in [3.63, 3.8) is 0 Å². The normalized spacial score (nSPS) is 12.6. The lowest BCUT2D eigenvalue weighted by Crippen LogP contribution is -2.33. The third-order valence-electron chi connectivity index (χ3n) is 4.64. The van der Waals surface area contributed by atoms with E-state index in [-0.39, 0.29) is 41.9 Å². The van der Waals surface area contributed by atoms with Gasteiger partial charge in [-0.1, -0.05) is 69.1 Å². The summed E-state index contributed by atoms with van der Waals surface area (Å²) in [6.07, 6.45) is 0. The Balaban J connectivity index is 0.000000331. The van der Waals surface area contributed by atoms with Gasteiger partial charge in [0.15, 0.2) is 0 Å². The van der Waals surface area contributed by atoms with Crippen LogP contribution < -0.4 is 10.6 Å². The number of nitrogens with one attached hydrogen (secondary N) is 2. The first kappa shape index (κ1) is 28.8. The Morgan fingerprint density at radius 1 is 0.848 bits per heavy atom. The molecule has 0 heterocycles. The highest BCUT2D eigenvalue weighted by Crippen LogP contribution is 2.21. The summed E-state index contributed by atoms with van der Waals surface area (Å²) in [4.78, 5) is 23.0. The fourth-order valence-corrected chi connectivity index (χ4v) is 2.99. The van der Waals surface area contributed by atoms with Crippen molar-refractivity contribution in [3.05, 3.63) is 69.5 Å². The molecule has 0 radical (unpaired) electrons. The van der Waals surface area contributed by atoms with E-state index in [1.54, 1.807) is 32.0 Å². The maximum absolute atomic E-state index is 13.0. The SMILES string of the molecule is CC(C)C(=O)NC(CO)c1ccc(F)c(Cl)c1.CC(C)C(=O)NC(CO)c1cccc(Cl)c1. The molecule has 2 unspecified atom stereocenters. The lowest BCUT2D eigenvalue weighted by Gasteiger charge is -2.18. The van der Waals surface area contributed by atoms with Crippen LogP contribution in [0.15, 0.2) is 42.5 Å². The predicted octanol–water partition coefficient (Wildman–Crippen LogP) is 4.43. The van der Waals surface area contributed by atoms with E-state index in [0.29, 0.717) is 10.6 Å². The lowest BCUT2D eigenvalue weighted by molar-refractivity contribution is -0.125. The second-order valence-electron chi connectivity index (χ2n) is 8.03. The highest BCUT2D eigenvalue weighted by atomic mass is 35.5. The van der Waals surface area contributed by atoms with Crippen molar-refractivity contribution in [1.82, 2.24) is 10.6 Å². The number of hydrogen-bond acceptors (Lipinski definition) is 4. The van der Waals surface area contributed by atoms with E-state index in [4.69, 9.17) is 23.2 Å². The van der Waals surface area contributed by atoms with Crippen LogP contribution in [0.3, 0.4) is 0 Å². The van der Waals surface area contributed by atoms with Gasteiger partial charge in [-0.3, -0.25) is 9.59 Å². The summed E-state index contributed by atoms with van der Waals surface area (Å²) in [5.41, 5.74) is 1.39. The van der Waals surface area contributed by atoms with Crippen LogP contribution in [0.1, 0.15) is 50.9 Å². The summed E-state index contributed by atoms with van der Waals surface area (Å²) in [5.74, 6) is -1.07. The van der Waals surface area contributed by atoms with Crippen molar-refractivity contribution in [2.45, 2.75) is 39.8 Å². The summed E-state index contributed by atoms with van der Waals surface area (Å²) in [6.45, 7) is 6.71. The van der Waals surface area contributed by atoms with Gasteiger partial charge in [-0.15, -0.1) is 0 Å². The van der Waals surface area contributed by atoms with Gasteiger partial charge in [0.2, 0.25) is 11.8 Å². The Morgan fingerprint density at radius 3 is 1.73 bits per heavy atom. The van der Waals surface area contributed by atoms with E-state index in [2.05, 4.69) is 10.6 Å². The maximum Gasteiger partial charge on any atom is 0.223 e. The minimum atomic E-state index is -0.567. The first-order valence-electron chi connectivity index (χ1n) is 10.5. The highest BCUT2D eigenvalue weighted by Gasteiger charge is 2.17. The minimum absolute atomic E-state index is 0.0280. The van der Waals surface area contributed by atoms with Crippen molar-refractivity contribution in [2.75, 3.05) is 13.2 Å². The number of carbonyl (C=O) groups excluding carboxylic acids is 2. The predicted molar refractivity (Wildman–Crippen MR) is 128 cm³/mol. The third-order valence-corrected chi connectivity index (χ3v) is 5.17. The summed E-state index contributed by atoms with van der Waals surface area (Å²) < 4.78 is 13.0. The van der Waals surface area contributed by atoms with Crippen molar-refractivity contribution < 1.29 is 24.2 Å². The van der Waals surface area contributed by atoms with Gasteiger partial charge in [-0.25, -0.2) is 4.39 Å². The number of halogens is 3. The topological polar surface area (TPSA) is 98.7 Å². The average Bonchev–Trinajstić information content (AvgIpc) is 2.77. The molecule has 0 spiro atoms. The molecule has 9 heteroatoms. The van der Waals surface area contributed by atoms with Crippen LogP contribution in [0.2, 0.25) is 10.0 Å². The highest BCUT2D eigenvalue weighted by molar-refractivity contribution is 6.31. The quantitative estimate of drug-likeness (QED) is 0.430. The third kappa shape index (κ3) is 9.68. The molecule has 182 valence electrons. The van der Waals surface area contributed by atoms with E-state index < -0.39 is 17.9 Å². The van der Waals surface area contributed by atoms with E-state index >= 15 is 0 Å². The van der Waals surface area contributed by atoms with Crippen LogP contribution in [-0.2, 0) is 9.59 Å². The average molecular weight is 501 g/mol. The van der Waals surface area contributed by atoms with Crippen LogP contribution in [-0.4, -0.2) is 35.2 Å². The van der Waals surface area contributed by atoms with Crippen molar-refractivity contribution in [3.8, 4) is 0 Å². The summed E-state index contributed by atoms with van der Waals surface area (Å²) >= 11 is 11.5. The molecule has 0 saturated carbocycles. The number of aliphatic hydroxyl groups is 2. The van der Waals surface area contributed by atoms with Gasteiger partial charge < -0.3 is 20.8 Å². The van der Waals surface area contributed by atoms with Gasteiger partial charge in [0.25, 0.3) is 0 Å². The van der Waals surface area contributed by atoms with Gasteiger partial charge in [-0.2, -0.15) is 0 Å². The molecular formula is C24H31Cl2FN2O4. The second-order valence-corrected chi connectivity index (χ2v) is 8.87. The van der Waals surface area contributed by atoms with Crippen LogP contribution in [0.4, 0.5) is 4.39 Å².